The molecular weight excluding hydrogens is 410 g/mol. The summed E-state index contributed by atoms with van der Waals surface area (Å²) in [5.41, 5.74) is 4.04. The lowest BCUT2D eigenvalue weighted by atomic mass is 10.0. The van der Waals surface area contributed by atoms with Crippen LogP contribution in [0.25, 0.3) is 26.1 Å². The van der Waals surface area contributed by atoms with Crippen molar-refractivity contribution in [3.63, 3.8) is 0 Å². The maximum atomic E-state index is 13.1. The van der Waals surface area contributed by atoms with Crippen molar-refractivity contribution < 1.29 is 9.53 Å². The predicted molar refractivity (Wildman–Crippen MR) is 122 cm³/mol. The number of rotatable bonds is 4. The van der Waals surface area contributed by atoms with Crippen LogP contribution >= 0.6 is 11.3 Å². The fourth-order valence-electron chi connectivity index (χ4n) is 3.87. The van der Waals surface area contributed by atoms with Gasteiger partial charge in [0.05, 0.1) is 27.0 Å². The van der Waals surface area contributed by atoms with E-state index in [1.54, 1.807) is 4.40 Å². The number of benzene rings is 2. The highest BCUT2D eigenvalue weighted by molar-refractivity contribution is 7.23. The van der Waals surface area contributed by atoms with Crippen LogP contribution in [0.15, 0.2) is 59.4 Å². The number of nitrogens with zero attached hydrogens (tertiary/aromatic N) is 3. The SMILES string of the molecule is CCc1nc2ccccc2c(C(=O)OCc2cc(=O)n3c(n2)sc2ccccc23)c1C. The first-order chi connectivity index (χ1) is 15.1. The van der Waals surface area contributed by atoms with Crippen LogP contribution in [0.3, 0.4) is 0 Å². The number of fused-ring (bicyclic) bond motifs is 4. The Hall–Kier alpha value is -3.58. The monoisotopic (exact) mass is 429 g/mol. The van der Waals surface area contributed by atoms with Crippen molar-refractivity contribution >= 4 is 43.4 Å². The maximum absolute atomic E-state index is 13.1. The van der Waals surface area contributed by atoms with Crippen molar-refractivity contribution in [2.45, 2.75) is 26.9 Å². The fourth-order valence-corrected chi connectivity index (χ4v) is 4.92. The molecule has 0 saturated carbocycles. The van der Waals surface area contributed by atoms with E-state index in [1.165, 1.54) is 17.4 Å². The zero-order chi connectivity index (χ0) is 21.5. The molecule has 0 N–H and O–H groups in total. The Bertz CT molecular complexity index is 1530. The van der Waals surface area contributed by atoms with E-state index in [0.29, 0.717) is 16.2 Å². The molecule has 0 atom stereocenters. The van der Waals surface area contributed by atoms with Gasteiger partial charge in [-0.15, -0.1) is 0 Å². The van der Waals surface area contributed by atoms with Crippen LogP contribution < -0.4 is 5.56 Å². The van der Waals surface area contributed by atoms with E-state index in [4.69, 9.17) is 4.74 Å². The van der Waals surface area contributed by atoms with Crippen LogP contribution in [0, 0.1) is 6.92 Å². The summed E-state index contributed by atoms with van der Waals surface area (Å²) in [6.07, 6.45) is 0.720. The molecule has 5 aromatic rings. The van der Waals surface area contributed by atoms with Gasteiger partial charge in [-0.05, 0) is 37.1 Å². The van der Waals surface area contributed by atoms with Crippen molar-refractivity contribution in [3.05, 3.63) is 87.5 Å². The number of pyridine rings is 1. The number of aromatic nitrogens is 3. The molecule has 0 fully saturated rings. The molecule has 3 heterocycles. The largest absolute Gasteiger partial charge is 0.456 e. The van der Waals surface area contributed by atoms with E-state index >= 15 is 0 Å². The maximum Gasteiger partial charge on any atom is 0.339 e. The summed E-state index contributed by atoms with van der Waals surface area (Å²) < 4.78 is 8.17. The van der Waals surface area contributed by atoms with E-state index in [-0.39, 0.29) is 12.2 Å². The van der Waals surface area contributed by atoms with Gasteiger partial charge in [0.25, 0.3) is 5.56 Å². The molecule has 0 aliphatic carbocycles. The summed E-state index contributed by atoms with van der Waals surface area (Å²) >= 11 is 1.43. The topological polar surface area (TPSA) is 73.6 Å². The average molecular weight is 430 g/mol. The van der Waals surface area contributed by atoms with Crippen LogP contribution in [-0.4, -0.2) is 20.3 Å². The van der Waals surface area contributed by atoms with Crippen molar-refractivity contribution in [1.29, 1.82) is 0 Å². The molecule has 0 saturated heterocycles. The molecule has 154 valence electrons. The van der Waals surface area contributed by atoms with Gasteiger partial charge < -0.3 is 4.74 Å². The van der Waals surface area contributed by atoms with E-state index in [0.717, 1.165) is 38.8 Å². The minimum Gasteiger partial charge on any atom is -0.456 e. The summed E-state index contributed by atoms with van der Waals surface area (Å²) in [4.78, 5) is 35.5. The van der Waals surface area contributed by atoms with Gasteiger partial charge in [0.1, 0.15) is 6.61 Å². The predicted octanol–water partition coefficient (Wildman–Crippen LogP) is 4.69. The molecule has 5 rings (SSSR count). The standard InChI is InChI=1S/C24H19N3O3S/c1-3-17-14(2)22(16-8-4-5-9-18(16)26-17)23(29)30-13-15-12-21(28)27-19-10-6-7-11-20(19)31-24(27)25-15/h4-12H,3,13H2,1-2H3. The number of ether oxygens (including phenoxy) is 1. The third-order valence-corrected chi connectivity index (χ3v) is 6.40. The van der Waals surface area contributed by atoms with Gasteiger partial charge in [-0.2, -0.15) is 0 Å². The molecule has 0 radical (unpaired) electrons. The van der Waals surface area contributed by atoms with Crippen molar-refractivity contribution in [3.8, 4) is 0 Å². The van der Waals surface area contributed by atoms with Crippen molar-refractivity contribution in [2.24, 2.45) is 0 Å². The number of hydrogen-bond acceptors (Lipinski definition) is 6. The second kappa shape index (κ2) is 7.59. The van der Waals surface area contributed by atoms with E-state index in [9.17, 15) is 9.59 Å². The summed E-state index contributed by atoms with van der Waals surface area (Å²) in [7, 11) is 0. The molecule has 0 aliphatic heterocycles. The Balaban J connectivity index is 1.50. The van der Waals surface area contributed by atoms with Crippen LogP contribution in [0.1, 0.15) is 34.2 Å². The number of para-hydroxylation sites is 2. The third-order valence-electron chi connectivity index (χ3n) is 5.38. The molecule has 31 heavy (non-hydrogen) atoms. The number of aryl methyl sites for hydroxylation is 1. The molecule has 0 bridgehead atoms. The van der Waals surface area contributed by atoms with Gasteiger partial charge in [-0.25, -0.2) is 9.78 Å². The third kappa shape index (κ3) is 3.27. The molecule has 3 aromatic heterocycles. The van der Waals surface area contributed by atoms with Crippen LogP contribution in [0.2, 0.25) is 0 Å². The first-order valence-electron chi connectivity index (χ1n) is 10.0. The normalized spacial score (nSPS) is 11.4. The summed E-state index contributed by atoms with van der Waals surface area (Å²) in [6.45, 7) is 3.83. The first kappa shape index (κ1) is 19.4. The van der Waals surface area contributed by atoms with Crippen molar-refractivity contribution in [2.75, 3.05) is 0 Å². The fraction of sp³-hybridized carbons (Fsp3) is 0.167. The minimum absolute atomic E-state index is 0.0730. The molecule has 0 unspecified atom stereocenters. The highest BCUT2D eigenvalue weighted by Gasteiger charge is 2.19. The second-order valence-electron chi connectivity index (χ2n) is 7.28. The van der Waals surface area contributed by atoms with Crippen LogP contribution in [0.5, 0.6) is 0 Å². The zero-order valence-corrected chi connectivity index (χ0v) is 17.9. The zero-order valence-electron chi connectivity index (χ0n) is 17.1. The Kier molecular flexibility index (Phi) is 4.75. The number of hydrogen-bond donors (Lipinski definition) is 0. The Morgan fingerprint density at radius 1 is 1.10 bits per heavy atom. The average Bonchev–Trinajstić information content (AvgIpc) is 3.16. The summed E-state index contributed by atoms with van der Waals surface area (Å²) in [5, 5.41) is 0.759. The number of carbonyl (C=O) groups excluding carboxylic acids is 1. The molecule has 0 spiro atoms. The molecule has 6 nitrogen and oxygen atoms in total. The minimum atomic E-state index is -0.441. The molecule has 0 aliphatic rings. The number of thiazole rings is 1. The summed E-state index contributed by atoms with van der Waals surface area (Å²) in [5.74, 6) is -0.441. The number of carbonyl (C=O) groups is 1. The highest BCUT2D eigenvalue weighted by atomic mass is 32.1. The Morgan fingerprint density at radius 3 is 2.71 bits per heavy atom. The van der Waals surface area contributed by atoms with Gasteiger partial charge in [0, 0.05) is 17.1 Å². The van der Waals surface area contributed by atoms with Gasteiger partial charge >= 0.3 is 5.97 Å². The van der Waals surface area contributed by atoms with Crippen molar-refractivity contribution in [1.82, 2.24) is 14.4 Å². The lowest BCUT2D eigenvalue weighted by Gasteiger charge is -2.13. The smallest absolute Gasteiger partial charge is 0.339 e. The Morgan fingerprint density at radius 2 is 1.87 bits per heavy atom. The van der Waals surface area contributed by atoms with Crippen LogP contribution in [0.4, 0.5) is 0 Å². The van der Waals surface area contributed by atoms with E-state index in [1.807, 2.05) is 62.4 Å². The van der Waals surface area contributed by atoms with Gasteiger partial charge in [-0.1, -0.05) is 48.6 Å². The lowest BCUT2D eigenvalue weighted by molar-refractivity contribution is 0.0469. The Labute approximate surface area is 181 Å². The number of esters is 1. The van der Waals surface area contributed by atoms with Gasteiger partial charge in [0.2, 0.25) is 0 Å². The van der Waals surface area contributed by atoms with E-state index < -0.39 is 5.97 Å². The quantitative estimate of drug-likeness (QED) is 0.388. The molecule has 2 aromatic carbocycles. The summed E-state index contributed by atoms with van der Waals surface area (Å²) in [6, 6.07) is 16.6. The molecule has 7 heteroatoms. The molecular formula is C24H19N3O3S. The lowest BCUT2D eigenvalue weighted by Crippen LogP contribution is -2.16. The van der Waals surface area contributed by atoms with Gasteiger partial charge in [0.15, 0.2) is 4.96 Å². The van der Waals surface area contributed by atoms with Crippen LogP contribution in [-0.2, 0) is 17.8 Å². The first-order valence-corrected chi connectivity index (χ1v) is 10.8. The highest BCUT2D eigenvalue weighted by Crippen LogP contribution is 2.26. The molecule has 0 amide bonds. The second-order valence-corrected chi connectivity index (χ2v) is 8.29. The van der Waals surface area contributed by atoms with Gasteiger partial charge in [-0.3, -0.25) is 14.2 Å². The van der Waals surface area contributed by atoms with E-state index in [2.05, 4.69) is 9.97 Å².